The van der Waals surface area contributed by atoms with E-state index in [1.807, 2.05) is 37.3 Å². The van der Waals surface area contributed by atoms with Crippen LogP contribution in [0.4, 0.5) is 0 Å². The number of carbonyl (C=O) groups is 2. The van der Waals surface area contributed by atoms with Gasteiger partial charge in [-0.3, -0.25) is 9.59 Å². The van der Waals surface area contributed by atoms with Crippen molar-refractivity contribution < 1.29 is 22.7 Å². The van der Waals surface area contributed by atoms with Gasteiger partial charge in [0.1, 0.15) is 17.8 Å². The summed E-state index contributed by atoms with van der Waals surface area (Å²) < 4.78 is 35.2. The molecular weight excluding hydrogens is 426 g/mol. The summed E-state index contributed by atoms with van der Waals surface area (Å²) in [5.41, 5.74) is 1.81. The highest BCUT2D eigenvalue weighted by molar-refractivity contribution is 7.89. The molecule has 0 bridgehead atoms. The summed E-state index contributed by atoms with van der Waals surface area (Å²) in [5, 5.41) is 0. The summed E-state index contributed by atoms with van der Waals surface area (Å²) in [6.45, 7) is 2.10. The molecule has 1 heterocycles. The van der Waals surface area contributed by atoms with Gasteiger partial charge >= 0.3 is 0 Å². The van der Waals surface area contributed by atoms with Crippen molar-refractivity contribution in [2.45, 2.75) is 49.8 Å². The van der Waals surface area contributed by atoms with Gasteiger partial charge in [-0.15, -0.1) is 0 Å². The standard InChI is InChI=1S/C25H27NO5S/c1-16-7-11-20(12-8-16)32(29,30)26-23(17-5-3-2-4-6-17)15-31-25(26)22-13-18-9-10-19(27)14-21(18)24(22)28/h2-8,11-12,18,21-23,25H,9-10,13-15H2,1H3/t18-,21-,22-,23-,25+/m1/s1. The van der Waals surface area contributed by atoms with Crippen molar-refractivity contribution in [3.63, 3.8) is 0 Å². The van der Waals surface area contributed by atoms with E-state index < -0.39 is 28.2 Å². The van der Waals surface area contributed by atoms with E-state index >= 15 is 0 Å². The molecule has 0 amide bonds. The number of rotatable bonds is 4. The number of carbonyl (C=O) groups excluding carboxylic acids is 2. The highest BCUT2D eigenvalue weighted by Gasteiger charge is 2.55. The fraction of sp³-hybridized carbons (Fsp3) is 0.440. The Labute approximate surface area is 188 Å². The molecule has 0 aromatic heterocycles. The molecule has 0 spiro atoms. The predicted molar refractivity (Wildman–Crippen MR) is 118 cm³/mol. The van der Waals surface area contributed by atoms with Crippen LogP contribution in [0, 0.1) is 24.7 Å². The molecule has 5 rings (SSSR count). The second kappa shape index (κ2) is 8.21. The average Bonchev–Trinajstić information content (AvgIpc) is 3.37. The van der Waals surface area contributed by atoms with Crippen molar-refractivity contribution in [1.29, 1.82) is 0 Å². The van der Waals surface area contributed by atoms with E-state index in [0.717, 1.165) is 11.1 Å². The van der Waals surface area contributed by atoms with Crippen molar-refractivity contribution in [3.05, 3.63) is 65.7 Å². The van der Waals surface area contributed by atoms with Crippen LogP contribution in [0.25, 0.3) is 0 Å². The summed E-state index contributed by atoms with van der Waals surface area (Å²) in [5.74, 6) is -0.618. The number of Topliss-reactive ketones (excluding diaryl/α,β-unsaturated/α-hetero) is 2. The number of fused-ring (bicyclic) bond motifs is 1. The second-order valence-electron chi connectivity index (χ2n) is 9.19. The number of hydrogen-bond donors (Lipinski definition) is 0. The van der Waals surface area contributed by atoms with Gasteiger partial charge in [0.15, 0.2) is 0 Å². The Morgan fingerprint density at radius 3 is 2.41 bits per heavy atom. The Balaban J connectivity index is 1.54. The molecule has 168 valence electrons. The van der Waals surface area contributed by atoms with E-state index in [-0.39, 0.29) is 41.3 Å². The van der Waals surface area contributed by atoms with Crippen molar-refractivity contribution in [3.8, 4) is 0 Å². The molecule has 0 radical (unpaired) electrons. The third kappa shape index (κ3) is 3.62. The quantitative estimate of drug-likeness (QED) is 0.706. The fourth-order valence-corrected chi connectivity index (χ4v) is 7.24. The normalized spacial score (nSPS) is 31.1. The molecule has 3 aliphatic rings. The SMILES string of the molecule is Cc1ccc(S(=O)(=O)N2[C@@H](c3ccccc3)CO[C@H]2[C@@H]2C[C@H]3CCC(=O)C[C@H]3C2=O)cc1. The zero-order valence-corrected chi connectivity index (χ0v) is 18.8. The lowest BCUT2D eigenvalue weighted by Crippen LogP contribution is -2.43. The van der Waals surface area contributed by atoms with Crippen LogP contribution in [-0.2, 0) is 24.3 Å². The molecule has 0 unspecified atom stereocenters. The number of hydrogen-bond acceptors (Lipinski definition) is 5. The molecule has 7 heteroatoms. The van der Waals surface area contributed by atoms with E-state index in [0.29, 0.717) is 19.3 Å². The van der Waals surface area contributed by atoms with Crippen LogP contribution < -0.4 is 0 Å². The molecule has 1 saturated heterocycles. The van der Waals surface area contributed by atoms with Gasteiger partial charge in [0.2, 0.25) is 10.0 Å². The lowest BCUT2D eigenvalue weighted by Gasteiger charge is -2.30. The Morgan fingerprint density at radius 2 is 1.69 bits per heavy atom. The van der Waals surface area contributed by atoms with Crippen LogP contribution in [0.15, 0.2) is 59.5 Å². The maximum absolute atomic E-state index is 13.9. The number of sulfonamides is 1. The van der Waals surface area contributed by atoms with Gasteiger partial charge in [-0.2, -0.15) is 4.31 Å². The van der Waals surface area contributed by atoms with Gasteiger partial charge in [0, 0.05) is 18.8 Å². The minimum Gasteiger partial charge on any atom is -0.359 e. The monoisotopic (exact) mass is 453 g/mol. The molecule has 5 atom stereocenters. The molecule has 2 aliphatic carbocycles. The van der Waals surface area contributed by atoms with Gasteiger partial charge in [-0.25, -0.2) is 8.42 Å². The van der Waals surface area contributed by atoms with Gasteiger partial charge in [0.25, 0.3) is 0 Å². The minimum absolute atomic E-state index is 0.0223. The molecule has 2 aromatic rings. The summed E-state index contributed by atoms with van der Waals surface area (Å²) in [4.78, 5) is 25.5. The fourth-order valence-electron chi connectivity index (χ4n) is 5.51. The molecule has 6 nitrogen and oxygen atoms in total. The second-order valence-corrected chi connectivity index (χ2v) is 11.0. The largest absolute Gasteiger partial charge is 0.359 e. The summed E-state index contributed by atoms with van der Waals surface area (Å²) in [7, 11) is -3.92. The highest BCUT2D eigenvalue weighted by atomic mass is 32.2. The van der Waals surface area contributed by atoms with E-state index in [1.165, 1.54) is 4.31 Å². The Hall–Kier alpha value is -2.35. The molecule has 2 saturated carbocycles. The van der Waals surface area contributed by atoms with E-state index in [1.54, 1.807) is 24.3 Å². The predicted octanol–water partition coefficient (Wildman–Crippen LogP) is 3.66. The number of nitrogens with zero attached hydrogens (tertiary/aromatic N) is 1. The third-order valence-electron chi connectivity index (χ3n) is 7.21. The zero-order valence-electron chi connectivity index (χ0n) is 18.0. The molecule has 3 fully saturated rings. The van der Waals surface area contributed by atoms with Crippen LogP contribution in [0.5, 0.6) is 0 Å². The smallest absolute Gasteiger partial charge is 0.245 e. The van der Waals surface area contributed by atoms with Gasteiger partial charge in [0.05, 0.1) is 23.5 Å². The van der Waals surface area contributed by atoms with Crippen LogP contribution in [0.2, 0.25) is 0 Å². The van der Waals surface area contributed by atoms with E-state index in [4.69, 9.17) is 4.74 Å². The first-order valence-corrected chi connectivity index (χ1v) is 12.6. The van der Waals surface area contributed by atoms with E-state index in [9.17, 15) is 18.0 Å². The van der Waals surface area contributed by atoms with Crippen molar-refractivity contribution in [2.75, 3.05) is 6.61 Å². The topological polar surface area (TPSA) is 80.8 Å². The van der Waals surface area contributed by atoms with Gasteiger partial charge < -0.3 is 4.74 Å². The first-order valence-electron chi connectivity index (χ1n) is 11.2. The van der Waals surface area contributed by atoms with Crippen molar-refractivity contribution in [2.24, 2.45) is 17.8 Å². The molecule has 2 aromatic carbocycles. The van der Waals surface area contributed by atoms with Crippen molar-refractivity contribution in [1.82, 2.24) is 4.31 Å². The number of aryl methyl sites for hydroxylation is 1. The Kier molecular flexibility index (Phi) is 5.51. The van der Waals surface area contributed by atoms with Gasteiger partial charge in [-0.05, 0) is 43.4 Å². The maximum atomic E-state index is 13.9. The van der Waals surface area contributed by atoms with E-state index in [2.05, 4.69) is 0 Å². The first kappa shape index (κ1) is 21.5. The average molecular weight is 454 g/mol. The number of benzene rings is 2. The minimum atomic E-state index is -3.92. The van der Waals surface area contributed by atoms with Crippen LogP contribution >= 0.6 is 0 Å². The maximum Gasteiger partial charge on any atom is 0.245 e. The number of ketones is 2. The highest BCUT2D eigenvalue weighted by Crippen LogP contribution is 2.48. The van der Waals surface area contributed by atoms with Gasteiger partial charge in [-0.1, -0.05) is 48.0 Å². The number of ether oxygens (including phenoxy) is 1. The zero-order chi connectivity index (χ0) is 22.5. The first-order chi connectivity index (χ1) is 15.4. The summed E-state index contributed by atoms with van der Waals surface area (Å²) in [6, 6.07) is 15.7. The van der Waals surface area contributed by atoms with Crippen LogP contribution in [0.1, 0.15) is 42.9 Å². The lowest BCUT2D eigenvalue weighted by molar-refractivity contribution is -0.133. The molecular formula is C25H27NO5S. The molecule has 32 heavy (non-hydrogen) atoms. The summed E-state index contributed by atoms with van der Waals surface area (Å²) in [6.07, 6.45) is 1.19. The third-order valence-corrected chi connectivity index (χ3v) is 9.09. The molecule has 1 aliphatic heterocycles. The van der Waals surface area contributed by atoms with Crippen molar-refractivity contribution >= 4 is 21.6 Å². The Bertz CT molecular complexity index is 1130. The van der Waals surface area contributed by atoms with Crippen LogP contribution in [-0.4, -0.2) is 37.1 Å². The van der Waals surface area contributed by atoms with Crippen LogP contribution in [0.3, 0.4) is 0 Å². The Morgan fingerprint density at radius 1 is 0.969 bits per heavy atom. The molecule has 0 N–H and O–H groups in total. The lowest BCUT2D eigenvalue weighted by atomic mass is 9.81. The summed E-state index contributed by atoms with van der Waals surface area (Å²) >= 11 is 0.